The van der Waals surface area contributed by atoms with E-state index in [4.69, 9.17) is 0 Å². The summed E-state index contributed by atoms with van der Waals surface area (Å²) in [5.41, 5.74) is 3.35. The zero-order chi connectivity index (χ0) is 10.3. The minimum atomic E-state index is 0.141. The van der Waals surface area contributed by atoms with Gasteiger partial charge in [-0.25, -0.2) is 0 Å². The molecule has 0 aliphatic carbocycles. The van der Waals surface area contributed by atoms with E-state index in [9.17, 15) is 5.11 Å². The first-order valence-corrected chi connectivity index (χ1v) is 4.99. The summed E-state index contributed by atoms with van der Waals surface area (Å²) in [4.78, 5) is 0. The van der Waals surface area contributed by atoms with Crippen LogP contribution in [0.25, 0.3) is 0 Å². The summed E-state index contributed by atoms with van der Waals surface area (Å²) >= 11 is 0. The van der Waals surface area contributed by atoms with Crippen molar-refractivity contribution in [1.82, 2.24) is 0 Å². The molecular weight excluding hydrogens is 186 g/mol. The van der Waals surface area contributed by atoms with Gasteiger partial charge in [0.1, 0.15) is 5.75 Å². The predicted molar refractivity (Wildman–Crippen MR) is 60.0 cm³/mol. The molecule has 1 unspecified atom stereocenters. The van der Waals surface area contributed by atoms with Crippen molar-refractivity contribution in [2.45, 2.75) is 6.04 Å². The molecule has 0 bridgehead atoms. The van der Waals surface area contributed by atoms with Crippen LogP contribution in [0.15, 0.2) is 48.5 Å². The third-order valence-corrected chi connectivity index (χ3v) is 2.82. The largest absolute Gasteiger partial charge is 0.508 e. The van der Waals surface area contributed by atoms with Crippen LogP contribution in [0.3, 0.4) is 0 Å². The first-order valence-electron chi connectivity index (χ1n) is 4.99. The quantitative estimate of drug-likeness (QED) is 0.736. The van der Waals surface area contributed by atoms with E-state index in [0.29, 0.717) is 5.75 Å². The van der Waals surface area contributed by atoms with Gasteiger partial charge in [0.2, 0.25) is 0 Å². The number of phenolic OH excluding ortho intramolecular Hbond substituents is 1. The number of aromatic hydroxyl groups is 1. The lowest BCUT2D eigenvalue weighted by Gasteiger charge is -2.33. The van der Waals surface area contributed by atoms with Crippen molar-refractivity contribution in [3.8, 4) is 5.75 Å². The van der Waals surface area contributed by atoms with Gasteiger partial charge in [0.05, 0.1) is 6.04 Å². The van der Waals surface area contributed by atoms with Gasteiger partial charge in [-0.1, -0.05) is 36.4 Å². The van der Waals surface area contributed by atoms with Gasteiger partial charge in [0.15, 0.2) is 0 Å². The summed E-state index contributed by atoms with van der Waals surface area (Å²) in [5.74, 6) is 0.351. The molecule has 0 radical (unpaired) electrons. The Morgan fingerprint density at radius 1 is 0.867 bits per heavy atom. The van der Waals surface area contributed by atoms with E-state index < -0.39 is 0 Å². The number of hydrogen-bond acceptors (Lipinski definition) is 2. The van der Waals surface area contributed by atoms with Gasteiger partial charge in [-0.2, -0.15) is 0 Å². The predicted octanol–water partition coefficient (Wildman–Crippen LogP) is 2.91. The van der Waals surface area contributed by atoms with Crippen molar-refractivity contribution in [3.63, 3.8) is 0 Å². The number of phenols is 1. The second kappa shape index (κ2) is 3.02. The Kier molecular flexibility index (Phi) is 1.68. The molecule has 0 saturated carbocycles. The van der Waals surface area contributed by atoms with Crippen molar-refractivity contribution in [3.05, 3.63) is 59.7 Å². The van der Waals surface area contributed by atoms with Crippen LogP contribution in [0.2, 0.25) is 0 Å². The standard InChI is InChI=1S/C13H11NO/c15-12-8-4-2-6-10(12)13-9-5-1-3-7-11(9)14-13/h1-8,13-15H. The van der Waals surface area contributed by atoms with Gasteiger partial charge in [-0.15, -0.1) is 0 Å². The van der Waals surface area contributed by atoms with E-state index in [1.54, 1.807) is 6.07 Å². The van der Waals surface area contributed by atoms with Gasteiger partial charge in [0, 0.05) is 16.8 Å². The van der Waals surface area contributed by atoms with Crippen LogP contribution in [0.1, 0.15) is 17.2 Å². The van der Waals surface area contributed by atoms with Gasteiger partial charge in [0.25, 0.3) is 0 Å². The Hall–Kier alpha value is -1.96. The number of nitrogens with one attached hydrogen (secondary N) is 1. The maximum absolute atomic E-state index is 9.73. The Morgan fingerprint density at radius 2 is 1.53 bits per heavy atom. The molecule has 2 heteroatoms. The number of rotatable bonds is 1. The molecule has 1 atom stereocenters. The van der Waals surface area contributed by atoms with E-state index in [1.807, 2.05) is 36.4 Å². The molecule has 74 valence electrons. The minimum absolute atomic E-state index is 0.141. The maximum Gasteiger partial charge on any atom is 0.121 e. The third kappa shape index (κ3) is 1.18. The van der Waals surface area contributed by atoms with Crippen LogP contribution < -0.4 is 5.32 Å². The van der Waals surface area contributed by atoms with E-state index in [2.05, 4.69) is 11.4 Å². The number of benzene rings is 2. The molecule has 15 heavy (non-hydrogen) atoms. The second-order valence-corrected chi connectivity index (χ2v) is 3.72. The van der Waals surface area contributed by atoms with Crippen molar-refractivity contribution < 1.29 is 5.11 Å². The van der Waals surface area contributed by atoms with Crippen LogP contribution in [0, 0.1) is 0 Å². The molecule has 3 rings (SSSR count). The van der Waals surface area contributed by atoms with Gasteiger partial charge < -0.3 is 10.4 Å². The van der Waals surface area contributed by atoms with Crippen LogP contribution >= 0.6 is 0 Å². The molecule has 1 aliphatic heterocycles. The van der Waals surface area contributed by atoms with Crippen LogP contribution in [0.4, 0.5) is 5.69 Å². The van der Waals surface area contributed by atoms with Crippen LogP contribution in [-0.4, -0.2) is 5.11 Å². The molecule has 0 aromatic heterocycles. The lowest BCUT2D eigenvalue weighted by molar-refractivity contribution is 0.465. The Balaban J connectivity index is 2.04. The lowest BCUT2D eigenvalue weighted by atomic mass is 9.90. The first-order chi connectivity index (χ1) is 7.36. The third-order valence-electron chi connectivity index (χ3n) is 2.82. The zero-order valence-electron chi connectivity index (χ0n) is 8.14. The highest BCUT2D eigenvalue weighted by molar-refractivity contribution is 5.67. The van der Waals surface area contributed by atoms with Gasteiger partial charge in [-0.05, 0) is 12.1 Å². The van der Waals surface area contributed by atoms with E-state index in [-0.39, 0.29) is 6.04 Å². The SMILES string of the molecule is Oc1ccccc1C1Nc2ccccc21. The fourth-order valence-electron chi connectivity index (χ4n) is 2.01. The molecule has 0 amide bonds. The summed E-state index contributed by atoms with van der Waals surface area (Å²) in [6.07, 6.45) is 0. The smallest absolute Gasteiger partial charge is 0.121 e. The minimum Gasteiger partial charge on any atom is -0.508 e. The molecule has 1 heterocycles. The molecule has 0 fully saturated rings. The van der Waals surface area contributed by atoms with Crippen LogP contribution in [0.5, 0.6) is 5.75 Å². The maximum atomic E-state index is 9.73. The number of anilines is 1. The molecule has 0 saturated heterocycles. The average Bonchev–Trinajstić information content (AvgIpc) is 2.23. The monoisotopic (exact) mass is 197 g/mol. The van der Waals surface area contributed by atoms with E-state index >= 15 is 0 Å². The molecule has 0 spiro atoms. The summed E-state index contributed by atoms with van der Waals surface area (Å²) in [6.45, 7) is 0. The molecule has 2 nitrogen and oxygen atoms in total. The summed E-state index contributed by atoms with van der Waals surface area (Å²) in [6, 6.07) is 15.7. The lowest BCUT2D eigenvalue weighted by Crippen LogP contribution is -2.23. The average molecular weight is 197 g/mol. The molecule has 2 N–H and O–H groups in total. The van der Waals surface area contributed by atoms with Crippen LogP contribution in [-0.2, 0) is 0 Å². The molecule has 2 aromatic rings. The first kappa shape index (κ1) is 8.36. The summed E-state index contributed by atoms with van der Waals surface area (Å²) in [5, 5.41) is 13.1. The second-order valence-electron chi connectivity index (χ2n) is 3.72. The summed E-state index contributed by atoms with van der Waals surface area (Å²) in [7, 11) is 0. The Labute approximate surface area is 88.2 Å². The molecule has 1 aliphatic rings. The van der Waals surface area contributed by atoms with Crippen molar-refractivity contribution in [1.29, 1.82) is 0 Å². The van der Waals surface area contributed by atoms with Crippen molar-refractivity contribution in [2.24, 2.45) is 0 Å². The zero-order valence-corrected chi connectivity index (χ0v) is 8.14. The normalized spacial score (nSPS) is 17.5. The highest BCUT2D eigenvalue weighted by Crippen LogP contribution is 2.42. The number of fused-ring (bicyclic) bond motifs is 1. The highest BCUT2D eigenvalue weighted by Gasteiger charge is 2.27. The molecule has 2 aromatic carbocycles. The van der Waals surface area contributed by atoms with E-state index in [1.165, 1.54) is 5.56 Å². The van der Waals surface area contributed by atoms with Crippen molar-refractivity contribution >= 4 is 5.69 Å². The van der Waals surface area contributed by atoms with Gasteiger partial charge >= 0.3 is 0 Å². The Morgan fingerprint density at radius 3 is 2.27 bits per heavy atom. The topological polar surface area (TPSA) is 32.3 Å². The number of hydrogen-bond donors (Lipinski definition) is 2. The van der Waals surface area contributed by atoms with E-state index in [0.717, 1.165) is 11.3 Å². The fourth-order valence-corrected chi connectivity index (χ4v) is 2.01. The molecular formula is C13H11NO. The number of para-hydroxylation sites is 2. The highest BCUT2D eigenvalue weighted by atomic mass is 16.3. The fraction of sp³-hybridized carbons (Fsp3) is 0.0769. The Bertz CT molecular complexity index is 507. The summed E-state index contributed by atoms with van der Waals surface area (Å²) < 4.78 is 0. The van der Waals surface area contributed by atoms with Crippen molar-refractivity contribution in [2.75, 3.05) is 5.32 Å². The van der Waals surface area contributed by atoms with Gasteiger partial charge in [-0.3, -0.25) is 0 Å².